The molecule has 59 heavy (non-hydrogen) atoms. The number of aliphatic imine (C=N–C) groups is 1. The number of hydrogen-bond acceptors (Lipinski definition) is 8. The Balaban J connectivity index is 1.11. The fourth-order valence-electron chi connectivity index (χ4n) is 6.72. The van der Waals surface area contributed by atoms with Crippen LogP contribution >= 0.6 is 31.9 Å². The van der Waals surface area contributed by atoms with Crippen molar-refractivity contribution in [1.29, 1.82) is 0 Å². The highest BCUT2D eigenvalue weighted by Gasteiger charge is 2.53. The second-order valence-corrected chi connectivity index (χ2v) is 15.8. The molecule has 11 heteroatoms. The molecule has 3 N–H and O–H groups in total. The van der Waals surface area contributed by atoms with Crippen LogP contribution in [-0.4, -0.2) is 42.2 Å². The SMILES string of the molecule is O=C(NNCCc1ccc(OCc2ccccc2)c(OCc2ccccc2)c1)[C@@]1(Cc2ccccc2Br)N=C(c2ccc(OCCCO)cc2)O[C@H]1c1ccc(Br)cc1. The highest BCUT2D eigenvalue weighted by atomic mass is 79.9. The minimum Gasteiger partial charge on any atom is -0.494 e. The van der Waals surface area contributed by atoms with Gasteiger partial charge in [-0.2, -0.15) is 0 Å². The lowest BCUT2D eigenvalue weighted by atomic mass is 9.82. The number of benzene rings is 6. The van der Waals surface area contributed by atoms with Crippen molar-refractivity contribution in [2.24, 2.45) is 4.99 Å². The Morgan fingerprint density at radius 2 is 1.39 bits per heavy atom. The van der Waals surface area contributed by atoms with E-state index in [4.69, 9.17) is 29.0 Å². The Labute approximate surface area is 361 Å². The van der Waals surface area contributed by atoms with Crippen LogP contribution < -0.4 is 25.1 Å². The lowest BCUT2D eigenvalue weighted by Gasteiger charge is -2.31. The van der Waals surface area contributed by atoms with Gasteiger partial charge in [-0.1, -0.05) is 129 Å². The fourth-order valence-corrected chi connectivity index (χ4v) is 7.41. The lowest BCUT2D eigenvalue weighted by Crippen LogP contribution is -2.54. The van der Waals surface area contributed by atoms with Crippen molar-refractivity contribution in [3.05, 3.63) is 194 Å². The van der Waals surface area contributed by atoms with E-state index in [-0.39, 0.29) is 18.9 Å². The third kappa shape index (κ3) is 11.0. The minimum absolute atomic E-state index is 0.0554. The molecule has 1 aliphatic heterocycles. The first-order valence-electron chi connectivity index (χ1n) is 19.5. The molecule has 7 rings (SSSR count). The third-order valence-electron chi connectivity index (χ3n) is 9.84. The number of amides is 1. The summed E-state index contributed by atoms with van der Waals surface area (Å²) in [5.74, 6) is 1.97. The molecule has 0 saturated heterocycles. The lowest BCUT2D eigenvalue weighted by molar-refractivity contribution is -0.130. The summed E-state index contributed by atoms with van der Waals surface area (Å²) in [5.41, 5.74) is 10.3. The average Bonchev–Trinajstić information content (AvgIpc) is 3.66. The number of halogens is 2. The van der Waals surface area contributed by atoms with Crippen molar-refractivity contribution in [2.75, 3.05) is 19.8 Å². The Morgan fingerprint density at radius 1 is 0.729 bits per heavy atom. The predicted octanol–water partition coefficient (Wildman–Crippen LogP) is 9.49. The second kappa shape index (κ2) is 20.5. The molecule has 0 aromatic heterocycles. The Hall–Kier alpha value is -5.46. The van der Waals surface area contributed by atoms with Gasteiger partial charge in [-0.25, -0.2) is 10.4 Å². The number of carbonyl (C=O) groups is 1. The normalized spacial score (nSPS) is 15.8. The number of nitrogens with zero attached hydrogens (tertiary/aromatic N) is 1. The zero-order valence-corrected chi connectivity index (χ0v) is 35.5. The van der Waals surface area contributed by atoms with Crippen molar-refractivity contribution in [2.45, 2.75) is 44.1 Å². The van der Waals surface area contributed by atoms with Crippen molar-refractivity contribution in [1.82, 2.24) is 10.9 Å². The molecule has 6 aromatic carbocycles. The number of hydrogen-bond donors (Lipinski definition) is 3. The summed E-state index contributed by atoms with van der Waals surface area (Å²) in [4.78, 5) is 19.9. The molecule has 0 spiro atoms. The molecule has 0 bridgehead atoms. The zero-order valence-electron chi connectivity index (χ0n) is 32.4. The van der Waals surface area contributed by atoms with Crippen LogP contribution in [0.1, 0.15) is 45.9 Å². The number of aliphatic hydroxyl groups excluding tert-OH is 1. The Kier molecular flexibility index (Phi) is 14.5. The summed E-state index contributed by atoms with van der Waals surface area (Å²) in [5, 5.41) is 9.16. The van der Waals surface area contributed by atoms with Crippen molar-refractivity contribution in [3.8, 4) is 17.2 Å². The van der Waals surface area contributed by atoms with E-state index in [1.165, 1.54) is 0 Å². The molecule has 0 fully saturated rings. The first kappa shape index (κ1) is 41.7. The molecule has 0 saturated carbocycles. The second-order valence-electron chi connectivity index (χ2n) is 14.1. The standard InChI is InChI=1S/C48H45Br2N3O6/c49-40-21-17-37(18-22-40)45-48(31-39-14-7-8-15-42(39)50,52-46(59-45)38-19-23-41(24-20-38)56-29-9-28-54)47(55)53-51-27-26-34-16-25-43(57-32-35-10-3-1-4-11-35)44(30-34)58-33-36-12-5-2-6-13-36/h1-8,10-25,30,45,51,54H,9,26-29,31-33H2,(H,53,55)/t45-,48-/m0/s1. The number of carbonyl (C=O) groups excluding carboxylic acids is 1. The maximum atomic E-state index is 14.8. The summed E-state index contributed by atoms with van der Waals surface area (Å²) in [6.45, 7) is 1.69. The zero-order chi connectivity index (χ0) is 40.9. The van der Waals surface area contributed by atoms with Crippen LogP contribution in [0, 0.1) is 0 Å². The first-order valence-corrected chi connectivity index (χ1v) is 21.1. The summed E-state index contributed by atoms with van der Waals surface area (Å²) in [6.07, 6.45) is 0.619. The number of nitrogens with one attached hydrogen (secondary N) is 2. The van der Waals surface area contributed by atoms with Crippen LogP contribution in [0.4, 0.5) is 0 Å². The van der Waals surface area contributed by atoms with Crippen LogP contribution in [0.15, 0.2) is 166 Å². The van der Waals surface area contributed by atoms with Gasteiger partial charge in [-0.15, -0.1) is 0 Å². The average molecular weight is 920 g/mol. The van der Waals surface area contributed by atoms with Gasteiger partial charge in [0.25, 0.3) is 5.91 Å². The van der Waals surface area contributed by atoms with Crippen LogP contribution in [0.25, 0.3) is 0 Å². The molecule has 2 atom stereocenters. The molecule has 0 unspecified atom stereocenters. The van der Waals surface area contributed by atoms with Gasteiger partial charge in [0, 0.05) is 40.5 Å². The largest absolute Gasteiger partial charge is 0.494 e. The quantitative estimate of drug-likeness (QED) is 0.0549. The van der Waals surface area contributed by atoms with Gasteiger partial charge >= 0.3 is 0 Å². The van der Waals surface area contributed by atoms with E-state index >= 15 is 0 Å². The van der Waals surface area contributed by atoms with Gasteiger partial charge in [0.15, 0.2) is 23.1 Å². The first-order chi connectivity index (χ1) is 28.9. The molecule has 302 valence electrons. The number of rotatable bonds is 19. The molecule has 0 aliphatic carbocycles. The molecule has 6 aromatic rings. The smallest absolute Gasteiger partial charge is 0.266 e. The summed E-state index contributed by atoms with van der Waals surface area (Å²) in [7, 11) is 0. The Morgan fingerprint density at radius 3 is 2.07 bits per heavy atom. The van der Waals surface area contributed by atoms with E-state index in [1.54, 1.807) is 0 Å². The van der Waals surface area contributed by atoms with Gasteiger partial charge in [0.2, 0.25) is 5.90 Å². The van der Waals surface area contributed by atoms with E-state index in [1.807, 2.05) is 152 Å². The summed E-state index contributed by atoms with van der Waals surface area (Å²) < 4.78 is 26.8. The van der Waals surface area contributed by atoms with Gasteiger partial charge in [-0.05, 0) is 88.8 Å². The number of ether oxygens (including phenoxy) is 4. The van der Waals surface area contributed by atoms with Crippen LogP contribution in [0.2, 0.25) is 0 Å². The van der Waals surface area contributed by atoms with Gasteiger partial charge in [-0.3, -0.25) is 10.2 Å². The third-order valence-corrected chi connectivity index (χ3v) is 11.1. The highest BCUT2D eigenvalue weighted by molar-refractivity contribution is 9.10. The summed E-state index contributed by atoms with van der Waals surface area (Å²) >= 11 is 7.26. The van der Waals surface area contributed by atoms with Crippen molar-refractivity contribution >= 4 is 43.7 Å². The highest BCUT2D eigenvalue weighted by Crippen LogP contribution is 2.43. The molecule has 1 amide bonds. The topological polar surface area (TPSA) is 111 Å². The van der Waals surface area contributed by atoms with E-state index in [0.717, 1.165) is 36.8 Å². The molecule has 1 heterocycles. The minimum atomic E-state index is -1.40. The van der Waals surface area contributed by atoms with Crippen LogP contribution in [0.5, 0.6) is 17.2 Å². The number of aliphatic hydroxyl groups is 1. The number of hydrazine groups is 1. The van der Waals surface area contributed by atoms with E-state index in [9.17, 15) is 4.79 Å². The van der Waals surface area contributed by atoms with Crippen molar-refractivity contribution < 1.29 is 28.8 Å². The molecular formula is C48H45Br2N3O6. The summed E-state index contributed by atoms with van der Waals surface area (Å²) in [6, 6.07) is 49.0. The fraction of sp³-hybridized carbons (Fsp3) is 0.208. The van der Waals surface area contributed by atoms with Gasteiger partial charge in [0.05, 0.1) is 6.61 Å². The van der Waals surface area contributed by atoms with Gasteiger partial charge < -0.3 is 24.1 Å². The van der Waals surface area contributed by atoms with Gasteiger partial charge in [0.1, 0.15) is 19.0 Å². The van der Waals surface area contributed by atoms with Crippen LogP contribution in [-0.2, 0) is 35.6 Å². The Bertz CT molecular complexity index is 2310. The van der Waals surface area contributed by atoms with E-state index in [0.29, 0.717) is 67.9 Å². The van der Waals surface area contributed by atoms with Crippen LogP contribution in [0.3, 0.4) is 0 Å². The molecule has 1 aliphatic rings. The van der Waals surface area contributed by atoms with E-state index in [2.05, 4.69) is 42.7 Å². The van der Waals surface area contributed by atoms with E-state index < -0.39 is 11.6 Å². The monoisotopic (exact) mass is 917 g/mol. The molecule has 9 nitrogen and oxygen atoms in total. The maximum Gasteiger partial charge on any atom is 0.266 e. The maximum absolute atomic E-state index is 14.8. The molecular weight excluding hydrogens is 874 g/mol. The van der Waals surface area contributed by atoms with Crippen molar-refractivity contribution in [3.63, 3.8) is 0 Å². The molecule has 0 radical (unpaired) electrons. The predicted molar refractivity (Wildman–Crippen MR) is 237 cm³/mol.